The molecule has 4 nitrogen and oxygen atoms in total. The van der Waals surface area contributed by atoms with Gasteiger partial charge in [-0.15, -0.1) is 0 Å². The SMILES string of the molecule is CCCc1ccc(-c2noc(C)n2)cc1OC. The fourth-order valence-electron chi connectivity index (χ4n) is 1.78. The number of methoxy groups -OCH3 is 1. The van der Waals surface area contributed by atoms with Crippen LogP contribution in [0.25, 0.3) is 11.4 Å². The first-order chi connectivity index (χ1) is 8.24. The maximum absolute atomic E-state index is 5.38. The van der Waals surface area contributed by atoms with Crippen molar-refractivity contribution in [2.75, 3.05) is 7.11 Å². The largest absolute Gasteiger partial charge is 0.496 e. The van der Waals surface area contributed by atoms with Gasteiger partial charge in [0.2, 0.25) is 11.7 Å². The van der Waals surface area contributed by atoms with Crippen LogP contribution >= 0.6 is 0 Å². The molecule has 4 heteroatoms. The van der Waals surface area contributed by atoms with E-state index in [0.717, 1.165) is 24.2 Å². The zero-order valence-corrected chi connectivity index (χ0v) is 10.4. The highest BCUT2D eigenvalue weighted by Gasteiger charge is 2.09. The molecule has 90 valence electrons. The fraction of sp³-hybridized carbons (Fsp3) is 0.385. The van der Waals surface area contributed by atoms with Gasteiger partial charge in [-0.05, 0) is 18.1 Å². The van der Waals surface area contributed by atoms with Gasteiger partial charge in [-0.3, -0.25) is 0 Å². The van der Waals surface area contributed by atoms with Crippen LogP contribution in [-0.2, 0) is 6.42 Å². The molecule has 1 heterocycles. The Labute approximate surface area is 101 Å². The normalized spacial score (nSPS) is 10.5. The van der Waals surface area contributed by atoms with Crippen molar-refractivity contribution in [3.63, 3.8) is 0 Å². The summed E-state index contributed by atoms with van der Waals surface area (Å²) in [6, 6.07) is 6.01. The Morgan fingerprint density at radius 2 is 2.18 bits per heavy atom. The molecule has 0 radical (unpaired) electrons. The minimum atomic E-state index is 0.566. The zero-order chi connectivity index (χ0) is 12.3. The van der Waals surface area contributed by atoms with E-state index in [9.17, 15) is 0 Å². The van der Waals surface area contributed by atoms with Gasteiger partial charge in [-0.1, -0.05) is 30.6 Å². The Kier molecular flexibility index (Phi) is 3.42. The highest BCUT2D eigenvalue weighted by Crippen LogP contribution is 2.26. The number of rotatable bonds is 4. The lowest BCUT2D eigenvalue weighted by Crippen LogP contribution is -1.93. The Balaban J connectivity index is 2.37. The first-order valence-corrected chi connectivity index (χ1v) is 5.72. The van der Waals surface area contributed by atoms with E-state index in [2.05, 4.69) is 23.1 Å². The molecule has 0 saturated carbocycles. The van der Waals surface area contributed by atoms with E-state index in [1.807, 2.05) is 12.1 Å². The van der Waals surface area contributed by atoms with Gasteiger partial charge >= 0.3 is 0 Å². The van der Waals surface area contributed by atoms with Crippen LogP contribution in [0.5, 0.6) is 5.75 Å². The van der Waals surface area contributed by atoms with Gasteiger partial charge in [-0.2, -0.15) is 4.98 Å². The Bertz CT molecular complexity index is 506. The lowest BCUT2D eigenvalue weighted by Gasteiger charge is -2.08. The Hall–Kier alpha value is -1.84. The molecule has 2 aromatic rings. The number of nitrogens with zero attached hydrogens (tertiary/aromatic N) is 2. The van der Waals surface area contributed by atoms with Gasteiger partial charge in [0.25, 0.3) is 0 Å². The van der Waals surface area contributed by atoms with Gasteiger partial charge in [0.1, 0.15) is 5.75 Å². The molecule has 0 N–H and O–H groups in total. The van der Waals surface area contributed by atoms with Crippen molar-refractivity contribution < 1.29 is 9.26 Å². The van der Waals surface area contributed by atoms with Crippen LogP contribution in [0.15, 0.2) is 22.7 Å². The third kappa shape index (κ3) is 2.46. The summed E-state index contributed by atoms with van der Waals surface area (Å²) in [6.07, 6.45) is 2.10. The van der Waals surface area contributed by atoms with Crippen molar-refractivity contribution in [3.05, 3.63) is 29.7 Å². The van der Waals surface area contributed by atoms with E-state index in [1.165, 1.54) is 5.56 Å². The molecule has 1 aromatic carbocycles. The maximum atomic E-state index is 5.38. The maximum Gasteiger partial charge on any atom is 0.223 e. The highest BCUT2D eigenvalue weighted by atomic mass is 16.5. The van der Waals surface area contributed by atoms with Crippen molar-refractivity contribution in [3.8, 4) is 17.1 Å². The van der Waals surface area contributed by atoms with Crippen LogP contribution in [-0.4, -0.2) is 17.3 Å². The minimum absolute atomic E-state index is 0.566. The van der Waals surface area contributed by atoms with Gasteiger partial charge in [0.15, 0.2) is 0 Å². The molecule has 0 aliphatic carbocycles. The van der Waals surface area contributed by atoms with Gasteiger partial charge in [-0.25, -0.2) is 0 Å². The third-order valence-electron chi connectivity index (χ3n) is 2.59. The zero-order valence-electron chi connectivity index (χ0n) is 10.4. The topological polar surface area (TPSA) is 48.2 Å². The predicted octanol–water partition coefficient (Wildman–Crippen LogP) is 3.01. The molecule has 2 rings (SSSR count). The quantitative estimate of drug-likeness (QED) is 0.813. The molecule has 0 aliphatic rings. The van der Waals surface area contributed by atoms with Crippen LogP contribution in [0.2, 0.25) is 0 Å². The van der Waals surface area contributed by atoms with Crippen molar-refractivity contribution in [2.45, 2.75) is 26.7 Å². The Morgan fingerprint density at radius 3 is 2.76 bits per heavy atom. The predicted molar refractivity (Wildman–Crippen MR) is 65.0 cm³/mol. The molecular formula is C13H16N2O2. The Morgan fingerprint density at radius 1 is 1.35 bits per heavy atom. The number of aromatic nitrogens is 2. The molecule has 0 saturated heterocycles. The second kappa shape index (κ2) is 4.99. The minimum Gasteiger partial charge on any atom is -0.496 e. The molecular weight excluding hydrogens is 216 g/mol. The molecule has 0 amide bonds. The van der Waals surface area contributed by atoms with E-state index >= 15 is 0 Å². The van der Waals surface area contributed by atoms with E-state index < -0.39 is 0 Å². The van der Waals surface area contributed by atoms with E-state index in [-0.39, 0.29) is 0 Å². The van der Waals surface area contributed by atoms with Crippen LogP contribution in [0.3, 0.4) is 0 Å². The number of ether oxygens (including phenoxy) is 1. The smallest absolute Gasteiger partial charge is 0.223 e. The van der Waals surface area contributed by atoms with Crippen LogP contribution < -0.4 is 4.74 Å². The van der Waals surface area contributed by atoms with E-state index in [1.54, 1.807) is 14.0 Å². The van der Waals surface area contributed by atoms with Crippen LogP contribution in [0.1, 0.15) is 24.8 Å². The van der Waals surface area contributed by atoms with Crippen LogP contribution in [0, 0.1) is 6.92 Å². The summed E-state index contributed by atoms with van der Waals surface area (Å²) in [5, 5.41) is 3.90. The molecule has 0 fully saturated rings. The first kappa shape index (κ1) is 11.6. The standard InChI is InChI=1S/C13H16N2O2/c1-4-5-10-6-7-11(8-12(10)16-3)13-14-9(2)17-15-13/h6-8H,4-5H2,1-3H3. The average Bonchev–Trinajstić information content (AvgIpc) is 2.77. The molecule has 0 spiro atoms. The lowest BCUT2D eigenvalue weighted by molar-refractivity contribution is 0.394. The van der Waals surface area contributed by atoms with Gasteiger partial charge < -0.3 is 9.26 Å². The van der Waals surface area contributed by atoms with E-state index in [4.69, 9.17) is 9.26 Å². The van der Waals surface area contributed by atoms with Gasteiger partial charge in [0.05, 0.1) is 7.11 Å². The average molecular weight is 232 g/mol. The van der Waals surface area contributed by atoms with Crippen molar-refractivity contribution >= 4 is 0 Å². The molecule has 17 heavy (non-hydrogen) atoms. The number of benzene rings is 1. The van der Waals surface area contributed by atoms with Crippen molar-refractivity contribution in [2.24, 2.45) is 0 Å². The number of hydrogen-bond acceptors (Lipinski definition) is 4. The van der Waals surface area contributed by atoms with Gasteiger partial charge in [0, 0.05) is 12.5 Å². The summed E-state index contributed by atoms with van der Waals surface area (Å²) in [4.78, 5) is 4.20. The summed E-state index contributed by atoms with van der Waals surface area (Å²) in [7, 11) is 1.68. The molecule has 0 bridgehead atoms. The molecule has 0 unspecified atom stereocenters. The molecule has 0 aliphatic heterocycles. The highest BCUT2D eigenvalue weighted by molar-refractivity contribution is 5.58. The molecule has 0 atom stereocenters. The second-order valence-corrected chi connectivity index (χ2v) is 3.91. The summed E-state index contributed by atoms with van der Waals surface area (Å²) < 4.78 is 10.3. The summed E-state index contributed by atoms with van der Waals surface area (Å²) in [6.45, 7) is 3.93. The monoisotopic (exact) mass is 232 g/mol. The van der Waals surface area contributed by atoms with Crippen molar-refractivity contribution in [1.82, 2.24) is 10.1 Å². The number of aryl methyl sites for hydroxylation is 2. The lowest BCUT2D eigenvalue weighted by atomic mass is 10.1. The number of hydrogen-bond donors (Lipinski definition) is 0. The van der Waals surface area contributed by atoms with E-state index in [0.29, 0.717) is 11.7 Å². The third-order valence-corrected chi connectivity index (χ3v) is 2.59. The summed E-state index contributed by atoms with van der Waals surface area (Å²) in [5.41, 5.74) is 2.12. The second-order valence-electron chi connectivity index (χ2n) is 3.91. The molecule has 1 aromatic heterocycles. The van der Waals surface area contributed by atoms with Crippen LogP contribution in [0.4, 0.5) is 0 Å². The van der Waals surface area contributed by atoms with Crippen molar-refractivity contribution in [1.29, 1.82) is 0 Å². The summed E-state index contributed by atoms with van der Waals surface area (Å²) in [5.74, 6) is 2.05. The fourth-order valence-corrected chi connectivity index (χ4v) is 1.78. The first-order valence-electron chi connectivity index (χ1n) is 5.72. The summed E-state index contributed by atoms with van der Waals surface area (Å²) >= 11 is 0.